The van der Waals surface area contributed by atoms with Crippen LogP contribution in [0.4, 0.5) is 5.82 Å². The van der Waals surface area contributed by atoms with Gasteiger partial charge in [0.25, 0.3) is 5.91 Å². The Labute approximate surface area is 164 Å². The number of esters is 1. The smallest absolute Gasteiger partial charge is 0.308 e. The molecule has 0 fully saturated rings. The third kappa shape index (κ3) is 6.22. The minimum atomic E-state index is -0.559. The number of hydrogen-bond donors (Lipinski definition) is 2. The molecule has 2 aromatic rings. The number of anilines is 1. The molecule has 0 aliphatic heterocycles. The minimum Gasteiger partial charge on any atom is -0.456 e. The number of ether oxygens (including phenoxy) is 1. The van der Waals surface area contributed by atoms with E-state index in [-0.39, 0.29) is 24.3 Å². The number of nitrogens with zero attached hydrogens (tertiary/aromatic N) is 2. The van der Waals surface area contributed by atoms with Gasteiger partial charge in [-0.1, -0.05) is 39.0 Å². The summed E-state index contributed by atoms with van der Waals surface area (Å²) in [7, 11) is 0. The molecular formula is C20H26N4O4. The van der Waals surface area contributed by atoms with E-state index in [1.807, 2.05) is 57.2 Å². The molecule has 0 saturated heterocycles. The highest BCUT2D eigenvalue weighted by Crippen LogP contribution is 2.26. The number of hydrogen-bond acceptors (Lipinski definition) is 5. The molecule has 1 aromatic heterocycles. The Kier molecular flexibility index (Phi) is 6.92. The van der Waals surface area contributed by atoms with Gasteiger partial charge in [-0.2, -0.15) is 5.10 Å². The van der Waals surface area contributed by atoms with Gasteiger partial charge in [-0.25, -0.2) is 4.68 Å². The first-order valence-electron chi connectivity index (χ1n) is 9.02. The molecule has 150 valence electrons. The summed E-state index contributed by atoms with van der Waals surface area (Å²) in [6, 6.07) is 11.3. The van der Waals surface area contributed by atoms with E-state index in [1.54, 1.807) is 4.68 Å². The Hall–Kier alpha value is -3.16. The second-order valence-corrected chi connectivity index (χ2v) is 7.35. The predicted octanol–water partition coefficient (Wildman–Crippen LogP) is 2.18. The number of benzene rings is 1. The number of para-hydroxylation sites is 1. The first-order chi connectivity index (χ1) is 13.2. The van der Waals surface area contributed by atoms with Crippen molar-refractivity contribution < 1.29 is 19.1 Å². The molecule has 8 nitrogen and oxygen atoms in total. The fourth-order valence-corrected chi connectivity index (χ4v) is 2.34. The lowest BCUT2D eigenvalue weighted by Crippen LogP contribution is -2.26. The van der Waals surface area contributed by atoms with Gasteiger partial charge >= 0.3 is 5.97 Å². The third-order valence-corrected chi connectivity index (χ3v) is 3.81. The zero-order valence-electron chi connectivity index (χ0n) is 16.6. The van der Waals surface area contributed by atoms with Gasteiger partial charge < -0.3 is 15.4 Å². The van der Waals surface area contributed by atoms with Crippen molar-refractivity contribution in [2.45, 2.75) is 39.5 Å². The van der Waals surface area contributed by atoms with Crippen LogP contribution in [-0.2, 0) is 24.5 Å². The van der Waals surface area contributed by atoms with Crippen LogP contribution < -0.4 is 10.6 Å². The molecule has 0 aliphatic rings. The van der Waals surface area contributed by atoms with E-state index in [2.05, 4.69) is 15.7 Å². The molecule has 0 aliphatic carbocycles. The van der Waals surface area contributed by atoms with E-state index in [4.69, 9.17) is 4.74 Å². The Morgan fingerprint density at radius 2 is 1.82 bits per heavy atom. The van der Waals surface area contributed by atoms with Gasteiger partial charge in [0, 0.05) is 24.9 Å². The molecule has 0 saturated carbocycles. The van der Waals surface area contributed by atoms with Gasteiger partial charge in [-0.15, -0.1) is 0 Å². The van der Waals surface area contributed by atoms with Gasteiger partial charge in [-0.3, -0.25) is 14.4 Å². The molecule has 0 radical (unpaired) electrons. The first kappa shape index (κ1) is 21.1. The Morgan fingerprint density at radius 1 is 1.14 bits per heavy atom. The van der Waals surface area contributed by atoms with Crippen molar-refractivity contribution in [3.05, 3.63) is 42.1 Å². The zero-order chi connectivity index (χ0) is 20.7. The van der Waals surface area contributed by atoms with Crippen molar-refractivity contribution in [1.82, 2.24) is 15.1 Å². The van der Waals surface area contributed by atoms with Crippen molar-refractivity contribution in [3.8, 4) is 5.69 Å². The second-order valence-electron chi connectivity index (χ2n) is 7.35. The summed E-state index contributed by atoms with van der Waals surface area (Å²) in [5.41, 5.74) is 1.43. The number of carbonyl (C=O) groups is 3. The van der Waals surface area contributed by atoms with Crippen LogP contribution in [0.3, 0.4) is 0 Å². The largest absolute Gasteiger partial charge is 0.456 e. The molecule has 0 unspecified atom stereocenters. The molecule has 2 rings (SSSR count). The lowest BCUT2D eigenvalue weighted by Gasteiger charge is -2.14. The molecular weight excluding hydrogens is 360 g/mol. The summed E-state index contributed by atoms with van der Waals surface area (Å²) in [6.45, 7) is 7.23. The van der Waals surface area contributed by atoms with Gasteiger partial charge in [0.05, 0.1) is 17.8 Å². The summed E-state index contributed by atoms with van der Waals surface area (Å²) in [5.74, 6) is -0.758. The molecule has 2 amide bonds. The maximum Gasteiger partial charge on any atom is 0.308 e. The van der Waals surface area contributed by atoms with Crippen molar-refractivity contribution >= 4 is 23.6 Å². The molecule has 0 atom stereocenters. The fraction of sp³-hybridized carbons (Fsp3) is 0.400. The van der Waals surface area contributed by atoms with Crippen LogP contribution in [0.5, 0.6) is 0 Å². The van der Waals surface area contributed by atoms with Crippen LogP contribution in [0.25, 0.3) is 5.69 Å². The van der Waals surface area contributed by atoms with E-state index < -0.39 is 18.5 Å². The predicted molar refractivity (Wildman–Crippen MR) is 105 cm³/mol. The highest BCUT2D eigenvalue weighted by atomic mass is 16.5. The number of aromatic nitrogens is 2. The van der Waals surface area contributed by atoms with Crippen molar-refractivity contribution in [1.29, 1.82) is 0 Å². The molecule has 28 heavy (non-hydrogen) atoms. The second kappa shape index (κ2) is 9.16. The molecule has 1 aromatic carbocycles. The zero-order valence-corrected chi connectivity index (χ0v) is 16.6. The molecule has 0 bridgehead atoms. The van der Waals surface area contributed by atoms with Gasteiger partial charge in [0.2, 0.25) is 5.91 Å². The number of amides is 2. The maximum absolute atomic E-state index is 12.2. The minimum absolute atomic E-state index is 0.00296. The number of nitrogens with one attached hydrogen (secondary N) is 2. The van der Waals surface area contributed by atoms with Crippen molar-refractivity contribution in [2.75, 3.05) is 18.5 Å². The lowest BCUT2D eigenvalue weighted by atomic mass is 9.92. The monoisotopic (exact) mass is 386 g/mol. The average molecular weight is 386 g/mol. The normalized spacial score (nSPS) is 11.0. The number of carbonyl (C=O) groups excluding carboxylic acids is 3. The Balaban J connectivity index is 2.04. The first-order valence-corrected chi connectivity index (χ1v) is 9.02. The van der Waals surface area contributed by atoms with Crippen molar-refractivity contribution in [2.24, 2.45) is 0 Å². The van der Waals surface area contributed by atoms with E-state index in [0.29, 0.717) is 5.82 Å². The van der Waals surface area contributed by atoms with Crippen LogP contribution in [0.2, 0.25) is 0 Å². The van der Waals surface area contributed by atoms with Crippen LogP contribution in [0.1, 0.15) is 39.8 Å². The molecule has 0 spiro atoms. The van der Waals surface area contributed by atoms with Crippen molar-refractivity contribution in [3.63, 3.8) is 0 Å². The maximum atomic E-state index is 12.2. The summed E-state index contributed by atoms with van der Waals surface area (Å²) in [5, 5.41) is 9.85. The van der Waals surface area contributed by atoms with Crippen LogP contribution >= 0.6 is 0 Å². The highest BCUT2D eigenvalue weighted by Gasteiger charge is 2.21. The third-order valence-electron chi connectivity index (χ3n) is 3.81. The van der Waals surface area contributed by atoms with E-state index in [9.17, 15) is 14.4 Å². The average Bonchev–Trinajstić information content (AvgIpc) is 3.04. The van der Waals surface area contributed by atoms with E-state index >= 15 is 0 Å². The van der Waals surface area contributed by atoms with E-state index in [0.717, 1.165) is 11.4 Å². The summed E-state index contributed by atoms with van der Waals surface area (Å²) < 4.78 is 6.60. The van der Waals surface area contributed by atoms with Gasteiger partial charge in [0.1, 0.15) is 5.82 Å². The quantitative estimate of drug-likeness (QED) is 0.710. The standard InChI is InChI=1S/C20H26N4O4/c1-14(25)21-11-10-19(27)28-13-18(26)22-17-12-16(20(2,3)4)23-24(17)15-8-6-5-7-9-15/h5-9,12H,10-11,13H2,1-4H3,(H,21,25)(H,22,26). The fourth-order valence-electron chi connectivity index (χ4n) is 2.34. The molecule has 1 heterocycles. The van der Waals surface area contributed by atoms with Gasteiger partial charge in [-0.05, 0) is 12.1 Å². The lowest BCUT2D eigenvalue weighted by molar-refractivity contribution is -0.147. The van der Waals surface area contributed by atoms with Crippen LogP contribution in [0.15, 0.2) is 36.4 Å². The summed E-state index contributed by atoms with van der Waals surface area (Å²) >= 11 is 0. The summed E-state index contributed by atoms with van der Waals surface area (Å²) in [6.07, 6.45) is 0.00296. The van der Waals surface area contributed by atoms with Crippen LogP contribution in [0, 0.1) is 0 Å². The Morgan fingerprint density at radius 3 is 2.43 bits per heavy atom. The number of rotatable bonds is 7. The summed E-state index contributed by atoms with van der Waals surface area (Å²) in [4.78, 5) is 34.7. The molecule has 2 N–H and O–H groups in total. The molecule has 8 heteroatoms. The Bertz CT molecular complexity index is 838. The highest BCUT2D eigenvalue weighted by molar-refractivity contribution is 5.92. The topological polar surface area (TPSA) is 102 Å². The van der Waals surface area contributed by atoms with Crippen LogP contribution in [-0.4, -0.2) is 40.7 Å². The van der Waals surface area contributed by atoms with Gasteiger partial charge in [0.15, 0.2) is 6.61 Å². The SMILES string of the molecule is CC(=O)NCCC(=O)OCC(=O)Nc1cc(C(C)(C)C)nn1-c1ccccc1. The van der Waals surface area contributed by atoms with E-state index in [1.165, 1.54) is 6.92 Å².